The lowest BCUT2D eigenvalue weighted by molar-refractivity contribution is 0.649. The molecule has 0 saturated heterocycles. The molecule has 2 rings (SSSR count). The summed E-state index contributed by atoms with van der Waals surface area (Å²) in [5, 5.41) is 4.36. The van der Waals surface area contributed by atoms with Gasteiger partial charge in [-0.15, -0.1) is 0 Å². The molecule has 0 unspecified atom stereocenters. The van der Waals surface area contributed by atoms with Gasteiger partial charge in [-0.25, -0.2) is 0 Å². The molecule has 2 aromatic heterocycles. The van der Waals surface area contributed by atoms with E-state index in [9.17, 15) is 4.79 Å². The zero-order valence-corrected chi connectivity index (χ0v) is 9.55. The Hall–Kier alpha value is -1.84. The summed E-state index contributed by atoms with van der Waals surface area (Å²) in [6.45, 7) is 2.64. The van der Waals surface area contributed by atoms with Gasteiger partial charge in [-0.1, -0.05) is 13.0 Å². The molecule has 0 aliphatic carbocycles. The summed E-state index contributed by atoms with van der Waals surface area (Å²) in [6.07, 6.45) is 2.71. The molecule has 0 radical (unpaired) electrons. The second kappa shape index (κ2) is 4.35. The average molecular weight is 217 g/mol. The number of hydrogen-bond donors (Lipinski definition) is 0. The Morgan fingerprint density at radius 3 is 2.81 bits per heavy atom. The molecule has 0 N–H and O–H groups in total. The van der Waals surface area contributed by atoms with Gasteiger partial charge in [0.2, 0.25) is 0 Å². The average Bonchev–Trinajstić information content (AvgIpc) is 2.63. The minimum absolute atomic E-state index is 0.0155. The highest BCUT2D eigenvalue weighted by Gasteiger charge is 2.04. The van der Waals surface area contributed by atoms with Crippen molar-refractivity contribution >= 4 is 0 Å². The van der Waals surface area contributed by atoms with Crippen molar-refractivity contribution in [2.45, 2.75) is 19.9 Å². The quantitative estimate of drug-likeness (QED) is 0.774. The van der Waals surface area contributed by atoms with Gasteiger partial charge in [0.25, 0.3) is 5.56 Å². The van der Waals surface area contributed by atoms with Crippen LogP contribution in [-0.4, -0.2) is 14.3 Å². The molecule has 4 nitrogen and oxygen atoms in total. The van der Waals surface area contributed by atoms with Crippen LogP contribution in [0.4, 0.5) is 0 Å². The Morgan fingerprint density at radius 2 is 2.19 bits per heavy atom. The predicted molar refractivity (Wildman–Crippen MR) is 62.4 cm³/mol. The van der Waals surface area contributed by atoms with Gasteiger partial charge in [-0.3, -0.25) is 9.48 Å². The zero-order chi connectivity index (χ0) is 11.5. The molecule has 0 saturated carbocycles. The molecule has 0 fully saturated rings. The molecule has 0 spiro atoms. The Balaban J connectivity index is 2.30. The number of rotatable bonds is 3. The highest BCUT2D eigenvalue weighted by molar-refractivity contribution is 5.11. The lowest BCUT2D eigenvalue weighted by Gasteiger charge is -2.04. The number of pyridine rings is 1. The number of aryl methyl sites for hydroxylation is 2. The minimum Gasteiger partial charge on any atom is -0.310 e. The smallest absolute Gasteiger partial charge is 0.250 e. The van der Waals surface area contributed by atoms with Crippen LogP contribution < -0.4 is 5.56 Å². The van der Waals surface area contributed by atoms with Crippen molar-refractivity contribution in [1.82, 2.24) is 14.3 Å². The van der Waals surface area contributed by atoms with E-state index >= 15 is 0 Å². The zero-order valence-electron chi connectivity index (χ0n) is 9.55. The van der Waals surface area contributed by atoms with Crippen LogP contribution >= 0.6 is 0 Å². The van der Waals surface area contributed by atoms with Gasteiger partial charge >= 0.3 is 0 Å². The molecule has 0 atom stereocenters. The van der Waals surface area contributed by atoms with Crippen LogP contribution in [0.25, 0.3) is 0 Å². The standard InChI is InChI=1S/C12H15N3O/c1-3-10-8-11(14(2)13-10)9-15-7-5-4-6-12(15)16/h4-8H,3,9H2,1-2H3. The minimum atomic E-state index is 0.0155. The molecule has 0 aliphatic heterocycles. The maximum absolute atomic E-state index is 11.5. The van der Waals surface area contributed by atoms with Crippen molar-refractivity contribution in [2.75, 3.05) is 0 Å². The van der Waals surface area contributed by atoms with Crippen molar-refractivity contribution in [1.29, 1.82) is 0 Å². The van der Waals surface area contributed by atoms with Crippen LogP contribution in [-0.2, 0) is 20.0 Å². The van der Waals surface area contributed by atoms with Crippen LogP contribution in [0.1, 0.15) is 18.3 Å². The largest absolute Gasteiger partial charge is 0.310 e. The normalized spacial score (nSPS) is 10.6. The van der Waals surface area contributed by atoms with E-state index in [4.69, 9.17) is 0 Å². The van der Waals surface area contributed by atoms with E-state index in [-0.39, 0.29) is 5.56 Å². The lowest BCUT2D eigenvalue weighted by atomic mass is 10.3. The third-order valence-electron chi connectivity index (χ3n) is 2.62. The third-order valence-corrected chi connectivity index (χ3v) is 2.62. The van der Waals surface area contributed by atoms with E-state index in [0.29, 0.717) is 6.54 Å². The lowest BCUT2D eigenvalue weighted by Crippen LogP contribution is -2.19. The molecule has 84 valence electrons. The molecule has 2 aromatic rings. The first-order chi connectivity index (χ1) is 7.70. The Morgan fingerprint density at radius 1 is 1.38 bits per heavy atom. The maximum atomic E-state index is 11.5. The molecule has 0 amide bonds. The summed E-state index contributed by atoms with van der Waals surface area (Å²) in [4.78, 5) is 11.5. The molecule has 2 heterocycles. The highest BCUT2D eigenvalue weighted by atomic mass is 16.1. The monoisotopic (exact) mass is 217 g/mol. The van der Waals surface area contributed by atoms with Crippen molar-refractivity contribution < 1.29 is 0 Å². The van der Waals surface area contributed by atoms with Crippen LogP contribution in [0.5, 0.6) is 0 Å². The first-order valence-corrected chi connectivity index (χ1v) is 5.38. The van der Waals surface area contributed by atoms with Crippen LogP contribution in [0.15, 0.2) is 35.3 Å². The first kappa shape index (κ1) is 10.7. The molecule has 0 bridgehead atoms. The van der Waals surface area contributed by atoms with E-state index in [2.05, 4.69) is 12.0 Å². The summed E-state index contributed by atoms with van der Waals surface area (Å²) in [6, 6.07) is 7.22. The molecule has 0 aromatic carbocycles. The fourth-order valence-corrected chi connectivity index (χ4v) is 1.66. The summed E-state index contributed by atoms with van der Waals surface area (Å²) in [7, 11) is 1.91. The van der Waals surface area contributed by atoms with Gasteiger partial charge < -0.3 is 4.57 Å². The third kappa shape index (κ3) is 2.05. The summed E-state index contributed by atoms with van der Waals surface area (Å²) in [5.41, 5.74) is 2.12. The fourth-order valence-electron chi connectivity index (χ4n) is 1.66. The molecular weight excluding hydrogens is 202 g/mol. The molecule has 4 heteroatoms. The van der Waals surface area contributed by atoms with E-state index in [0.717, 1.165) is 17.8 Å². The van der Waals surface area contributed by atoms with E-state index < -0.39 is 0 Å². The molecule has 16 heavy (non-hydrogen) atoms. The number of nitrogens with zero attached hydrogens (tertiary/aromatic N) is 3. The van der Waals surface area contributed by atoms with E-state index in [1.807, 2.05) is 23.9 Å². The van der Waals surface area contributed by atoms with Crippen LogP contribution in [0.2, 0.25) is 0 Å². The second-order valence-electron chi connectivity index (χ2n) is 3.77. The molecule has 0 aliphatic rings. The van der Waals surface area contributed by atoms with Gasteiger partial charge in [-0.2, -0.15) is 5.10 Å². The highest BCUT2D eigenvalue weighted by Crippen LogP contribution is 2.04. The van der Waals surface area contributed by atoms with Gasteiger partial charge in [0.05, 0.1) is 17.9 Å². The van der Waals surface area contributed by atoms with Crippen LogP contribution in [0, 0.1) is 0 Å². The number of aromatic nitrogens is 3. The van der Waals surface area contributed by atoms with Crippen LogP contribution in [0.3, 0.4) is 0 Å². The van der Waals surface area contributed by atoms with E-state index in [1.165, 1.54) is 0 Å². The van der Waals surface area contributed by atoms with Crippen molar-refractivity contribution in [3.63, 3.8) is 0 Å². The van der Waals surface area contributed by atoms with Gasteiger partial charge in [0.1, 0.15) is 0 Å². The number of hydrogen-bond acceptors (Lipinski definition) is 2. The van der Waals surface area contributed by atoms with Crippen molar-refractivity contribution in [3.05, 3.63) is 52.2 Å². The molecular formula is C12H15N3O. The summed E-state index contributed by atoms with van der Waals surface area (Å²) >= 11 is 0. The fraction of sp³-hybridized carbons (Fsp3) is 0.333. The second-order valence-corrected chi connectivity index (χ2v) is 3.77. The van der Waals surface area contributed by atoms with E-state index in [1.54, 1.807) is 22.9 Å². The van der Waals surface area contributed by atoms with Crippen molar-refractivity contribution in [2.24, 2.45) is 7.05 Å². The van der Waals surface area contributed by atoms with Crippen molar-refractivity contribution in [3.8, 4) is 0 Å². The maximum Gasteiger partial charge on any atom is 0.250 e. The SMILES string of the molecule is CCc1cc(Cn2ccccc2=O)n(C)n1. The summed E-state index contributed by atoms with van der Waals surface area (Å²) < 4.78 is 3.51. The Labute approximate surface area is 94.1 Å². The van der Waals surface area contributed by atoms with Gasteiger partial charge in [0.15, 0.2) is 0 Å². The Bertz CT molecular complexity index is 539. The van der Waals surface area contributed by atoms with Gasteiger partial charge in [-0.05, 0) is 18.6 Å². The first-order valence-electron chi connectivity index (χ1n) is 5.38. The predicted octanol–water partition coefficient (Wildman–Crippen LogP) is 1.19. The Kier molecular flexibility index (Phi) is 2.90. The topological polar surface area (TPSA) is 39.8 Å². The summed E-state index contributed by atoms with van der Waals surface area (Å²) in [5.74, 6) is 0. The van der Waals surface area contributed by atoms with Gasteiger partial charge in [0, 0.05) is 19.3 Å².